The number of carbonyl (C=O) groups excluding carboxylic acids is 1. The Kier molecular flexibility index (Phi) is 12.6. The molecule has 0 spiro atoms. The second kappa shape index (κ2) is 14.6. The number of aliphatic hydroxyl groups excluding tert-OH is 1. The highest BCUT2D eigenvalue weighted by Gasteiger charge is 2.30. The maximum absolute atomic E-state index is 12.5. The van der Waals surface area contributed by atoms with Crippen LogP contribution in [0.5, 0.6) is 23.0 Å². The average molecular weight is 485 g/mol. The lowest BCUT2D eigenvalue weighted by molar-refractivity contribution is 0.0197. The van der Waals surface area contributed by atoms with Crippen LogP contribution in [0.15, 0.2) is 0 Å². The van der Waals surface area contributed by atoms with Crippen LogP contribution in [0, 0.1) is 6.92 Å². The Labute approximate surface area is 202 Å². The highest BCUT2D eigenvalue weighted by Crippen LogP contribution is 2.50. The number of benzene rings is 1. The molecule has 1 rings (SSSR count). The largest absolute Gasteiger partial charge is 0.514 e. The highest BCUT2D eigenvalue weighted by atomic mass is 16.7. The lowest BCUT2D eigenvalue weighted by Crippen LogP contribution is -2.26. The van der Waals surface area contributed by atoms with E-state index in [0.717, 1.165) is 51.4 Å². The standard InChI is InChI=1S/C25H40O9/c1-17-18(15-13-11-9-7-8-10-12-14-16-26)20(33-24(29)34-25(2,3)4)22(31-6)21(30-5)19(17)32-23(27)28/h26H,7-16H2,1-6H3,(H,27,28). The fourth-order valence-corrected chi connectivity index (χ4v) is 3.64. The van der Waals surface area contributed by atoms with Crippen LogP contribution in [-0.2, 0) is 11.2 Å². The van der Waals surface area contributed by atoms with Gasteiger partial charge in [-0.15, -0.1) is 0 Å². The number of rotatable bonds is 14. The first kappa shape index (κ1) is 29.4. The van der Waals surface area contributed by atoms with Gasteiger partial charge in [0.25, 0.3) is 0 Å². The van der Waals surface area contributed by atoms with Gasteiger partial charge < -0.3 is 33.9 Å². The first-order chi connectivity index (χ1) is 16.1. The van der Waals surface area contributed by atoms with E-state index in [0.29, 0.717) is 17.5 Å². The van der Waals surface area contributed by atoms with Gasteiger partial charge in [-0.3, -0.25) is 0 Å². The number of carbonyl (C=O) groups is 2. The van der Waals surface area contributed by atoms with Gasteiger partial charge in [0, 0.05) is 17.7 Å². The van der Waals surface area contributed by atoms with Crippen molar-refractivity contribution in [2.45, 2.75) is 91.1 Å². The van der Waals surface area contributed by atoms with Crippen molar-refractivity contribution in [3.63, 3.8) is 0 Å². The van der Waals surface area contributed by atoms with E-state index in [1.165, 1.54) is 14.2 Å². The molecule has 0 fully saturated rings. The van der Waals surface area contributed by atoms with Gasteiger partial charge in [-0.1, -0.05) is 38.5 Å². The third-order valence-electron chi connectivity index (χ3n) is 5.19. The maximum Gasteiger partial charge on any atom is 0.514 e. The molecule has 1 aromatic rings. The van der Waals surface area contributed by atoms with Crippen molar-refractivity contribution in [2.24, 2.45) is 0 Å². The molecular weight excluding hydrogens is 444 g/mol. The van der Waals surface area contributed by atoms with Crippen LogP contribution in [0.2, 0.25) is 0 Å². The summed E-state index contributed by atoms with van der Waals surface area (Å²) in [5.74, 6) is 0.219. The molecule has 34 heavy (non-hydrogen) atoms. The number of unbranched alkanes of at least 4 members (excludes halogenated alkanes) is 7. The number of hydrogen-bond donors (Lipinski definition) is 2. The Morgan fingerprint density at radius 1 is 0.765 bits per heavy atom. The van der Waals surface area contributed by atoms with Crippen LogP contribution in [-0.4, -0.2) is 49.0 Å². The van der Waals surface area contributed by atoms with E-state index in [9.17, 15) is 14.7 Å². The Hall–Kier alpha value is -2.68. The van der Waals surface area contributed by atoms with E-state index in [1.54, 1.807) is 27.7 Å². The summed E-state index contributed by atoms with van der Waals surface area (Å²) >= 11 is 0. The van der Waals surface area contributed by atoms with Crippen LogP contribution in [0.1, 0.15) is 83.3 Å². The fourth-order valence-electron chi connectivity index (χ4n) is 3.64. The number of hydrogen-bond acceptors (Lipinski definition) is 8. The van der Waals surface area contributed by atoms with Gasteiger partial charge in [0.15, 0.2) is 11.5 Å². The lowest BCUT2D eigenvalue weighted by Gasteiger charge is -2.23. The Balaban J connectivity index is 3.14. The van der Waals surface area contributed by atoms with Crippen molar-refractivity contribution in [3.05, 3.63) is 11.1 Å². The highest BCUT2D eigenvalue weighted by molar-refractivity contribution is 5.75. The van der Waals surface area contributed by atoms with Crippen molar-refractivity contribution in [1.82, 2.24) is 0 Å². The summed E-state index contributed by atoms with van der Waals surface area (Å²) in [6.07, 6.45) is 6.15. The van der Waals surface area contributed by atoms with Crippen LogP contribution >= 0.6 is 0 Å². The molecule has 0 bridgehead atoms. The molecule has 0 amide bonds. The van der Waals surface area contributed by atoms with Gasteiger partial charge in [0.1, 0.15) is 5.60 Å². The summed E-state index contributed by atoms with van der Waals surface area (Å²) in [5, 5.41) is 18.1. The summed E-state index contributed by atoms with van der Waals surface area (Å²) in [6, 6.07) is 0. The smallest absolute Gasteiger partial charge is 0.490 e. The molecule has 0 heterocycles. The molecule has 2 N–H and O–H groups in total. The molecule has 194 valence electrons. The second-order valence-electron chi connectivity index (χ2n) is 9.06. The molecule has 9 nitrogen and oxygen atoms in total. The molecular formula is C25H40O9. The van der Waals surface area contributed by atoms with Crippen molar-refractivity contribution < 1.29 is 43.5 Å². The summed E-state index contributed by atoms with van der Waals surface area (Å²) in [5.41, 5.74) is 0.331. The topological polar surface area (TPSA) is 121 Å². The molecule has 0 radical (unpaired) electrons. The molecule has 0 saturated heterocycles. The Morgan fingerprint density at radius 2 is 1.26 bits per heavy atom. The summed E-state index contributed by atoms with van der Waals surface area (Å²) in [4.78, 5) is 23.8. The number of aliphatic hydroxyl groups is 1. The normalized spacial score (nSPS) is 11.1. The molecule has 1 aromatic carbocycles. The summed E-state index contributed by atoms with van der Waals surface area (Å²) in [7, 11) is 2.73. The average Bonchev–Trinajstić information content (AvgIpc) is 2.74. The third kappa shape index (κ3) is 9.67. The summed E-state index contributed by atoms with van der Waals surface area (Å²) < 4.78 is 26.7. The van der Waals surface area contributed by atoms with E-state index < -0.39 is 17.9 Å². The van der Waals surface area contributed by atoms with Crippen LogP contribution in [0.3, 0.4) is 0 Å². The monoisotopic (exact) mass is 484 g/mol. The zero-order valence-electron chi connectivity index (χ0n) is 21.3. The zero-order valence-corrected chi connectivity index (χ0v) is 21.3. The van der Waals surface area contributed by atoms with Gasteiger partial charge >= 0.3 is 12.3 Å². The summed E-state index contributed by atoms with van der Waals surface area (Å²) in [6.45, 7) is 7.12. The zero-order chi connectivity index (χ0) is 25.7. The number of ether oxygens (including phenoxy) is 5. The van der Waals surface area contributed by atoms with E-state index in [-0.39, 0.29) is 29.6 Å². The first-order valence-corrected chi connectivity index (χ1v) is 11.8. The maximum atomic E-state index is 12.5. The van der Waals surface area contributed by atoms with Gasteiger partial charge in [0.2, 0.25) is 11.5 Å². The van der Waals surface area contributed by atoms with Crippen molar-refractivity contribution in [1.29, 1.82) is 0 Å². The number of methoxy groups -OCH3 is 2. The van der Waals surface area contributed by atoms with E-state index in [2.05, 4.69) is 0 Å². The quantitative estimate of drug-likeness (QED) is 0.185. The van der Waals surface area contributed by atoms with Crippen LogP contribution < -0.4 is 18.9 Å². The molecule has 9 heteroatoms. The van der Waals surface area contributed by atoms with Gasteiger partial charge in [0.05, 0.1) is 14.2 Å². The first-order valence-electron chi connectivity index (χ1n) is 11.8. The minimum Gasteiger partial charge on any atom is -0.490 e. The van der Waals surface area contributed by atoms with Crippen molar-refractivity contribution >= 4 is 12.3 Å². The van der Waals surface area contributed by atoms with Crippen LogP contribution in [0.25, 0.3) is 0 Å². The van der Waals surface area contributed by atoms with E-state index >= 15 is 0 Å². The molecule has 0 aliphatic rings. The van der Waals surface area contributed by atoms with Crippen LogP contribution in [0.4, 0.5) is 9.59 Å². The van der Waals surface area contributed by atoms with Crippen molar-refractivity contribution in [3.8, 4) is 23.0 Å². The minimum absolute atomic E-state index is 0.00210. The molecule has 0 aromatic heterocycles. The SMILES string of the molecule is COc1c(OC(=O)O)c(C)c(CCCCCCCCCCO)c(OC(=O)OC(C)(C)C)c1OC. The van der Waals surface area contributed by atoms with E-state index in [1.807, 2.05) is 0 Å². The second-order valence-corrected chi connectivity index (χ2v) is 9.06. The Bertz CT molecular complexity index is 797. The molecule has 0 aliphatic carbocycles. The lowest BCUT2D eigenvalue weighted by atomic mass is 9.98. The molecule has 0 aliphatic heterocycles. The number of carboxylic acid groups (broad SMARTS) is 1. The van der Waals surface area contributed by atoms with Gasteiger partial charge in [-0.25, -0.2) is 9.59 Å². The van der Waals surface area contributed by atoms with E-state index in [4.69, 9.17) is 28.8 Å². The Morgan fingerprint density at radius 3 is 1.74 bits per heavy atom. The fraction of sp³-hybridized carbons (Fsp3) is 0.680. The predicted octanol–water partition coefficient (Wildman–Crippen LogP) is 6.04. The third-order valence-corrected chi connectivity index (χ3v) is 5.19. The van der Waals surface area contributed by atoms with Gasteiger partial charge in [-0.05, 0) is 47.0 Å². The molecule has 0 saturated carbocycles. The van der Waals surface area contributed by atoms with Crippen molar-refractivity contribution in [2.75, 3.05) is 20.8 Å². The molecule has 0 atom stereocenters. The molecule has 0 unspecified atom stereocenters. The minimum atomic E-state index is -1.49. The predicted molar refractivity (Wildman–Crippen MR) is 128 cm³/mol. The van der Waals surface area contributed by atoms with Gasteiger partial charge in [-0.2, -0.15) is 0 Å².